The Labute approximate surface area is 144 Å². The van der Waals surface area contributed by atoms with Crippen LogP contribution < -0.4 is 0 Å². The van der Waals surface area contributed by atoms with Gasteiger partial charge in [0, 0.05) is 38.5 Å². The average molecular weight is 338 g/mol. The Bertz CT molecular complexity index is 472. The molecule has 2 atom stereocenters. The van der Waals surface area contributed by atoms with Crippen LogP contribution in [0.5, 0.6) is 0 Å². The highest BCUT2D eigenvalue weighted by Gasteiger charge is 2.33. The van der Waals surface area contributed by atoms with Gasteiger partial charge in [-0.05, 0) is 38.0 Å². The lowest BCUT2D eigenvalue weighted by Crippen LogP contribution is -2.49. The van der Waals surface area contributed by atoms with E-state index in [1.807, 2.05) is 23.6 Å². The van der Waals surface area contributed by atoms with Crippen molar-refractivity contribution in [1.29, 1.82) is 0 Å². The van der Waals surface area contributed by atoms with Gasteiger partial charge in [0.1, 0.15) is 0 Å². The molecule has 0 saturated carbocycles. The molecule has 0 aromatic heterocycles. The fourth-order valence-electron chi connectivity index (χ4n) is 3.73. The minimum absolute atomic E-state index is 0.0191. The van der Waals surface area contributed by atoms with E-state index in [1.54, 1.807) is 0 Å². The summed E-state index contributed by atoms with van der Waals surface area (Å²) in [5.74, 6) is -0.346. The largest absolute Gasteiger partial charge is 0.481 e. The molecule has 6 heteroatoms. The number of carbonyl (C=O) groups is 3. The zero-order valence-corrected chi connectivity index (χ0v) is 14.9. The summed E-state index contributed by atoms with van der Waals surface area (Å²) in [6.07, 6.45) is 4.28. The van der Waals surface area contributed by atoms with Crippen molar-refractivity contribution >= 4 is 17.8 Å². The maximum atomic E-state index is 12.8. The molecule has 0 aromatic carbocycles. The quantitative estimate of drug-likeness (QED) is 0.831. The number of aliphatic carboxylic acids is 1. The first-order chi connectivity index (χ1) is 11.4. The number of rotatable bonds is 5. The van der Waals surface area contributed by atoms with E-state index in [0.29, 0.717) is 19.6 Å². The van der Waals surface area contributed by atoms with E-state index in [2.05, 4.69) is 0 Å². The lowest BCUT2D eigenvalue weighted by molar-refractivity contribution is -0.143. The van der Waals surface area contributed by atoms with Crippen LogP contribution >= 0.6 is 0 Å². The Morgan fingerprint density at radius 2 is 1.75 bits per heavy atom. The molecule has 24 heavy (non-hydrogen) atoms. The number of carboxylic acids is 1. The molecule has 6 nitrogen and oxygen atoms in total. The van der Waals surface area contributed by atoms with E-state index < -0.39 is 5.97 Å². The molecule has 2 saturated heterocycles. The Balaban J connectivity index is 1.86. The maximum Gasteiger partial charge on any atom is 0.303 e. The third-order valence-electron chi connectivity index (χ3n) is 5.51. The molecule has 0 unspecified atom stereocenters. The number of carboxylic acid groups (broad SMARTS) is 1. The molecule has 2 aliphatic rings. The summed E-state index contributed by atoms with van der Waals surface area (Å²) >= 11 is 0. The van der Waals surface area contributed by atoms with Crippen LogP contribution in [0, 0.1) is 17.8 Å². The lowest BCUT2D eigenvalue weighted by Gasteiger charge is -2.38. The summed E-state index contributed by atoms with van der Waals surface area (Å²) in [6, 6.07) is 0. The van der Waals surface area contributed by atoms with Crippen LogP contribution in [-0.4, -0.2) is 58.9 Å². The highest BCUT2D eigenvalue weighted by atomic mass is 16.4. The molecular formula is C18H30N2O4. The van der Waals surface area contributed by atoms with Gasteiger partial charge < -0.3 is 14.9 Å². The van der Waals surface area contributed by atoms with Gasteiger partial charge in [-0.3, -0.25) is 14.4 Å². The first-order valence-electron chi connectivity index (χ1n) is 9.21. The van der Waals surface area contributed by atoms with E-state index >= 15 is 0 Å². The van der Waals surface area contributed by atoms with Crippen LogP contribution in [0.15, 0.2) is 0 Å². The van der Waals surface area contributed by atoms with Gasteiger partial charge >= 0.3 is 5.97 Å². The summed E-state index contributed by atoms with van der Waals surface area (Å²) in [5, 5.41) is 8.87. The predicted molar refractivity (Wildman–Crippen MR) is 90.3 cm³/mol. The molecule has 0 radical (unpaired) electrons. The fraction of sp³-hybridized carbons (Fsp3) is 0.833. The number of piperidine rings is 2. The van der Waals surface area contributed by atoms with Crippen molar-refractivity contribution in [2.45, 2.75) is 52.4 Å². The molecule has 2 heterocycles. The van der Waals surface area contributed by atoms with Gasteiger partial charge in [0.15, 0.2) is 0 Å². The normalized spacial score (nSPS) is 23.8. The van der Waals surface area contributed by atoms with Gasteiger partial charge in [-0.15, -0.1) is 0 Å². The minimum atomic E-state index is -0.758. The molecule has 136 valence electrons. The number of hydrogen-bond donors (Lipinski definition) is 1. The standard InChI is InChI=1S/C18H30N2O4/c1-3-13(2)17(23)20-8-4-5-15(12-20)18(24)19-9-6-14(7-10-19)11-16(21)22/h13-15H,3-12H2,1-2H3,(H,21,22)/t13-,15+/m1/s1. The summed E-state index contributed by atoms with van der Waals surface area (Å²) in [5.41, 5.74) is 0. The fourth-order valence-corrected chi connectivity index (χ4v) is 3.73. The van der Waals surface area contributed by atoms with Crippen molar-refractivity contribution in [3.63, 3.8) is 0 Å². The molecule has 2 amide bonds. The molecule has 0 aromatic rings. The first-order valence-corrected chi connectivity index (χ1v) is 9.21. The van der Waals surface area contributed by atoms with Crippen LogP contribution in [-0.2, 0) is 14.4 Å². The topological polar surface area (TPSA) is 77.9 Å². The van der Waals surface area contributed by atoms with Crippen molar-refractivity contribution in [1.82, 2.24) is 9.80 Å². The third-order valence-corrected chi connectivity index (χ3v) is 5.51. The highest BCUT2D eigenvalue weighted by molar-refractivity contribution is 5.82. The van der Waals surface area contributed by atoms with Crippen LogP contribution in [0.2, 0.25) is 0 Å². The van der Waals surface area contributed by atoms with E-state index in [0.717, 1.165) is 38.6 Å². The summed E-state index contributed by atoms with van der Waals surface area (Å²) in [6.45, 7) is 6.54. The highest BCUT2D eigenvalue weighted by Crippen LogP contribution is 2.25. The Morgan fingerprint density at radius 1 is 1.08 bits per heavy atom. The lowest BCUT2D eigenvalue weighted by atomic mass is 9.91. The van der Waals surface area contributed by atoms with Gasteiger partial charge in [-0.25, -0.2) is 0 Å². The summed E-state index contributed by atoms with van der Waals surface area (Å²) in [4.78, 5) is 39.7. The Kier molecular flexibility index (Phi) is 6.63. The van der Waals surface area contributed by atoms with Crippen LogP contribution in [0.25, 0.3) is 0 Å². The van der Waals surface area contributed by atoms with E-state index in [4.69, 9.17) is 5.11 Å². The third kappa shape index (κ3) is 4.71. The van der Waals surface area contributed by atoms with E-state index in [1.165, 1.54) is 0 Å². The van der Waals surface area contributed by atoms with E-state index in [9.17, 15) is 14.4 Å². The summed E-state index contributed by atoms with van der Waals surface area (Å²) < 4.78 is 0. The van der Waals surface area contributed by atoms with Gasteiger partial charge in [0.25, 0.3) is 0 Å². The van der Waals surface area contributed by atoms with Crippen LogP contribution in [0.4, 0.5) is 0 Å². The second kappa shape index (κ2) is 8.49. The molecule has 1 N–H and O–H groups in total. The van der Waals surface area contributed by atoms with Gasteiger partial charge in [0.2, 0.25) is 11.8 Å². The Morgan fingerprint density at radius 3 is 2.33 bits per heavy atom. The number of hydrogen-bond acceptors (Lipinski definition) is 3. The zero-order chi connectivity index (χ0) is 17.7. The number of carbonyl (C=O) groups excluding carboxylic acids is 2. The van der Waals surface area contributed by atoms with E-state index in [-0.39, 0.29) is 36.0 Å². The first kappa shape index (κ1) is 18.7. The summed E-state index contributed by atoms with van der Waals surface area (Å²) in [7, 11) is 0. The molecule has 2 aliphatic heterocycles. The molecule has 0 spiro atoms. The number of amides is 2. The van der Waals surface area contributed by atoms with Crippen molar-refractivity contribution in [2.75, 3.05) is 26.2 Å². The second-order valence-corrected chi connectivity index (χ2v) is 7.30. The van der Waals surface area contributed by atoms with Crippen LogP contribution in [0.3, 0.4) is 0 Å². The van der Waals surface area contributed by atoms with Crippen molar-refractivity contribution in [3.8, 4) is 0 Å². The van der Waals surface area contributed by atoms with Gasteiger partial charge in [0.05, 0.1) is 5.92 Å². The number of nitrogens with zero attached hydrogens (tertiary/aromatic N) is 2. The van der Waals surface area contributed by atoms with Crippen LogP contribution in [0.1, 0.15) is 52.4 Å². The number of likely N-dealkylation sites (tertiary alicyclic amines) is 2. The molecule has 2 fully saturated rings. The maximum absolute atomic E-state index is 12.8. The molecule has 0 aliphatic carbocycles. The van der Waals surface area contributed by atoms with Gasteiger partial charge in [-0.2, -0.15) is 0 Å². The van der Waals surface area contributed by atoms with Crippen molar-refractivity contribution in [3.05, 3.63) is 0 Å². The van der Waals surface area contributed by atoms with Crippen molar-refractivity contribution < 1.29 is 19.5 Å². The molecular weight excluding hydrogens is 308 g/mol. The SMILES string of the molecule is CC[C@@H](C)C(=O)N1CCC[C@H](C(=O)N2CCC(CC(=O)O)CC2)C1. The van der Waals surface area contributed by atoms with Gasteiger partial charge in [-0.1, -0.05) is 13.8 Å². The predicted octanol–water partition coefficient (Wildman–Crippen LogP) is 1.98. The Hall–Kier alpha value is -1.59. The molecule has 0 bridgehead atoms. The van der Waals surface area contributed by atoms with Crippen molar-refractivity contribution in [2.24, 2.45) is 17.8 Å². The minimum Gasteiger partial charge on any atom is -0.481 e. The molecule has 2 rings (SSSR count). The zero-order valence-electron chi connectivity index (χ0n) is 14.9. The second-order valence-electron chi connectivity index (χ2n) is 7.30. The smallest absolute Gasteiger partial charge is 0.303 e. The monoisotopic (exact) mass is 338 g/mol. The average Bonchev–Trinajstić information content (AvgIpc) is 2.60.